The summed E-state index contributed by atoms with van der Waals surface area (Å²) in [5, 5.41) is 0. The molecule has 0 radical (unpaired) electrons. The highest BCUT2D eigenvalue weighted by atomic mass is 16.5. The van der Waals surface area contributed by atoms with Gasteiger partial charge >= 0.3 is 0 Å². The lowest BCUT2D eigenvalue weighted by Gasteiger charge is -2.14. The number of rotatable bonds is 2. The second-order valence-corrected chi connectivity index (χ2v) is 3.57. The van der Waals surface area contributed by atoms with Crippen LogP contribution < -0.4 is 0 Å². The van der Waals surface area contributed by atoms with Crippen molar-refractivity contribution in [2.45, 2.75) is 32.4 Å². The fraction of sp³-hybridized carbons (Fsp3) is 0.417. The molecule has 2 nitrogen and oxygen atoms in total. The molecule has 74 valence electrons. The molecule has 1 heterocycles. The van der Waals surface area contributed by atoms with E-state index in [4.69, 9.17) is 4.74 Å². The highest BCUT2D eigenvalue weighted by Gasteiger charge is 2.27. The molecule has 0 aromatic heterocycles. The quantitative estimate of drug-likeness (QED) is 0.701. The molecule has 0 spiro atoms. The summed E-state index contributed by atoms with van der Waals surface area (Å²) in [6.45, 7) is 4.17. The summed E-state index contributed by atoms with van der Waals surface area (Å²) in [6.07, 6.45) is 0.999. The molecular weight excluding hydrogens is 174 g/mol. The smallest absolute Gasteiger partial charge is 0.184 e. The van der Waals surface area contributed by atoms with E-state index in [-0.39, 0.29) is 12.1 Å². The van der Waals surface area contributed by atoms with E-state index in [9.17, 15) is 0 Å². The molecule has 1 aromatic carbocycles. The van der Waals surface area contributed by atoms with E-state index >= 15 is 0 Å². The largest absolute Gasteiger partial charge is 0.471 e. The standard InChI is InChI=1S/C12H15NO/c1-3-11-13-9(2)12(14-11)10-7-5-4-6-8-10/h4-9,12H,3H2,1-2H3/t9-,12+/m0/s1. The average molecular weight is 189 g/mol. The monoisotopic (exact) mass is 189 g/mol. The number of nitrogens with zero attached hydrogens (tertiary/aromatic N) is 1. The topological polar surface area (TPSA) is 21.6 Å². The predicted octanol–water partition coefficient (Wildman–Crippen LogP) is 2.95. The van der Waals surface area contributed by atoms with Crippen LogP contribution in [0.4, 0.5) is 0 Å². The fourth-order valence-corrected chi connectivity index (χ4v) is 1.73. The van der Waals surface area contributed by atoms with Crippen LogP contribution in [0.5, 0.6) is 0 Å². The Kier molecular flexibility index (Phi) is 2.53. The third kappa shape index (κ3) is 1.65. The molecule has 0 N–H and O–H groups in total. The molecule has 0 saturated carbocycles. The first-order valence-corrected chi connectivity index (χ1v) is 5.09. The van der Waals surface area contributed by atoms with E-state index in [1.54, 1.807) is 0 Å². The van der Waals surface area contributed by atoms with Crippen LogP contribution in [0.1, 0.15) is 31.9 Å². The van der Waals surface area contributed by atoms with Crippen LogP contribution in [0.2, 0.25) is 0 Å². The lowest BCUT2D eigenvalue weighted by molar-refractivity contribution is 0.197. The van der Waals surface area contributed by atoms with E-state index < -0.39 is 0 Å². The molecule has 1 aliphatic heterocycles. The van der Waals surface area contributed by atoms with Crippen LogP contribution in [0.15, 0.2) is 35.3 Å². The summed E-state index contributed by atoms with van der Waals surface area (Å²) in [5.74, 6) is 0.881. The van der Waals surface area contributed by atoms with Crippen molar-refractivity contribution in [2.24, 2.45) is 4.99 Å². The van der Waals surface area contributed by atoms with Crippen molar-refractivity contribution in [3.63, 3.8) is 0 Å². The number of hydrogen-bond acceptors (Lipinski definition) is 2. The molecule has 0 saturated heterocycles. The molecule has 0 bridgehead atoms. The Morgan fingerprint density at radius 2 is 2.00 bits per heavy atom. The van der Waals surface area contributed by atoms with Gasteiger partial charge in [0.05, 0.1) is 6.04 Å². The molecule has 0 aliphatic carbocycles. The third-order valence-electron chi connectivity index (χ3n) is 2.48. The summed E-state index contributed by atoms with van der Waals surface area (Å²) in [4.78, 5) is 4.46. The molecule has 0 amide bonds. The van der Waals surface area contributed by atoms with Crippen molar-refractivity contribution in [3.05, 3.63) is 35.9 Å². The molecule has 0 unspecified atom stereocenters. The SMILES string of the molecule is CCC1=N[C@@H](C)[C@H](c2ccccc2)O1. The molecule has 1 aliphatic rings. The van der Waals surface area contributed by atoms with Gasteiger partial charge in [-0.05, 0) is 12.5 Å². The van der Waals surface area contributed by atoms with Gasteiger partial charge in [0.15, 0.2) is 5.90 Å². The Labute approximate surface area is 84.6 Å². The average Bonchev–Trinajstić information content (AvgIpc) is 2.61. The first-order valence-electron chi connectivity index (χ1n) is 5.09. The predicted molar refractivity (Wildman–Crippen MR) is 57.5 cm³/mol. The Morgan fingerprint density at radius 1 is 1.29 bits per heavy atom. The summed E-state index contributed by atoms with van der Waals surface area (Å²) >= 11 is 0. The van der Waals surface area contributed by atoms with Crippen molar-refractivity contribution < 1.29 is 4.74 Å². The van der Waals surface area contributed by atoms with E-state index in [0.29, 0.717) is 0 Å². The maximum atomic E-state index is 5.76. The highest BCUT2D eigenvalue weighted by molar-refractivity contribution is 5.77. The zero-order valence-electron chi connectivity index (χ0n) is 8.60. The van der Waals surface area contributed by atoms with Crippen molar-refractivity contribution in [3.8, 4) is 0 Å². The minimum Gasteiger partial charge on any atom is -0.471 e. The van der Waals surface area contributed by atoms with Gasteiger partial charge in [-0.1, -0.05) is 37.3 Å². The van der Waals surface area contributed by atoms with Crippen LogP contribution in [-0.4, -0.2) is 11.9 Å². The maximum absolute atomic E-state index is 5.76. The highest BCUT2D eigenvalue weighted by Crippen LogP contribution is 2.29. The second kappa shape index (κ2) is 3.82. The maximum Gasteiger partial charge on any atom is 0.184 e. The third-order valence-corrected chi connectivity index (χ3v) is 2.48. The number of aliphatic imine (C=N–C) groups is 1. The van der Waals surface area contributed by atoms with Gasteiger partial charge in [-0.2, -0.15) is 0 Å². The lowest BCUT2D eigenvalue weighted by Crippen LogP contribution is -2.10. The van der Waals surface area contributed by atoms with E-state index in [0.717, 1.165) is 12.3 Å². The van der Waals surface area contributed by atoms with Crippen molar-refractivity contribution in [1.82, 2.24) is 0 Å². The van der Waals surface area contributed by atoms with Crippen molar-refractivity contribution >= 4 is 5.90 Å². The van der Waals surface area contributed by atoms with Gasteiger partial charge in [-0.3, -0.25) is 0 Å². The summed E-state index contributed by atoms with van der Waals surface area (Å²) in [5.41, 5.74) is 1.22. The van der Waals surface area contributed by atoms with Crippen molar-refractivity contribution in [2.75, 3.05) is 0 Å². The van der Waals surface area contributed by atoms with Crippen LogP contribution in [0.3, 0.4) is 0 Å². The summed E-state index contributed by atoms with van der Waals surface area (Å²) in [6, 6.07) is 10.5. The number of hydrogen-bond donors (Lipinski definition) is 0. The van der Waals surface area contributed by atoms with Gasteiger partial charge in [0.25, 0.3) is 0 Å². The van der Waals surface area contributed by atoms with Gasteiger partial charge in [0, 0.05) is 6.42 Å². The Balaban J connectivity index is 2.16. The van der Waals surface area contributed by atoms with E-state index in [1.165, 1.54) is 5.56 Å². The molecule has 2 rings (SSSR count). The van der Waals surface area contributed by atoms with E-state index in [2.05, 4.69) is 31.0 Å². The van der Waals surface area contributed by atoms with Gasteiger partial charge < -0.3 is 4.74 Å². The van der Waals surface area contributed by atoms with Crippen molar-refractivity contribution in [1.29, 1.82) is 0 Å². The Morgan fingerprint density at radius 3 is 2.57 bits per heavy atom. The van der Waals surface area contributed by atoms with Gasteiger partial charge in [-0.15, -0.1) is 0 Å². The Hall–Kier alpha value is -1.31. The van der Waals surface area contributed by atoms with Crippen LogP contribution in [-0.2, 0) is 4.74 Å². The molecular formula is C12H15NO. The molecule has 2 heteroatoms. The van der Waals surface area contributed by atoms with E-state index in [1.807, 2.05) is 18.2 Å². The van der Waals surface area contributed by atoms with Gasteiger partial charge in [0.2, 0.25) is 0 Å². The molecule has 1 aromatic rings. The lowest BCUT2D eigenvalue weighted by atomic mass is 10.0. The summed E-state index contributed by atoms with van der Waals surface area (Å²) < 4.78 is 5.76. The zero-order chi connectivity index (χ0) is 9.97. The van der Waals surface area contributed by atoms with Crippen LogP contribution in [0, 0.1) is 0 Å². The second-order valence-electron chi connectivity index (χ2n) is 3.57. The minimum absolute atomic E-state index is 0.117. The van der Waals surface area contributed by atoms with Gasteiger partial charge in [0.1, 0.15) is 6.10 Å². The fourth-order valence-electron chi connectivity index (χ4n) is 1.73. The summed E-state index contributed by atoms with van der Waals surface area (Å²) in [7, 11) is 0. The molecule has 2 atom stereocenters. The molecule has 14 heavy (non-hydrogen) atoms. The normalized spacial score (nSPS) is 25.7. The molecule has 0 fully saturated rings. The minimum atomic E-state index is 0.117. The first-order chi connectivity index (χ1) is 6.81. The van der Waals surface area contributed by atoms with Crippen LogP contribution in [0.25, 0.3) is 0 Å². The van der Waals surface area contributed by atoms with Gasteiger partial charge in [-0.25, -0.2) is 4.99 Å². The number of ether oxygens (including phenoxy) is 1. The van der Waals surface area contributed by atoms with Crippen LogP contribution >= 0.6 is 0 Å². The first kappa shape index (κ1) is 9.25. The zero-order valence-corrected chi connectivity index (χ0v) is 8.60. The number of benzene rings is 1. The Bertz CT molecular complexity index is 331.